The summed E-state index contributed by atoms with van der Waals surface area (Å²) >= 11 is 0. The third kappa shape index (κ3) is 4.63. The van der Waals surface area contributed by atoms with E-state index in [1.807, 2.05) is 86.3 Å². The van der Waals surface area contributed by atoms with Gasteiger partial charge in [0.1, 0.15) is 12.1 Å². The van der Waals surface area contributed by atoms with Gasteiger partial charge in [-0.25, -0.2) is 0 Å². The summed E-state index contributed by atoms with van der Waals surface area (Å²) in [5, 5.41) is 0. The molecule has 0 amide bonds. The van der Waals surface area contributed by atoms with E-state index >= 15 is 0 Å². The lowest BCUT2D eigenvalue weighted by Crippen LogP contribution is -2.32. The summed E-state index contributed by atoms with van der Waals surface area (Å²) in [5.41, 5.74) is 1.46. The first-order valence-corrected chi connectivity index (χ1v) is 7.05. The topological polar surface area (TPSA) is 29.5 Å². The van der Waals surface area contributed by atoms with E-state index in [4.69, 9.17) is 4.74 Å². The number of carbonyl (C=O) groups is 1. The van der Waals surface area contributed by atoms with Crippen molar-refractivity contribution in [2.45, 2.75) is 26.4 Å². The molecule has 110 valence electrons. The molecule has 3 nitrogen and oxygen atoms in total. The second-order valence-corrected chi connectivity index (χ2v) is 5.84. The molecule has 0 heterocycles. The Morgan fingerprint density at radius 3 is 1.71 bits per heavy atom. The highest BCUT2D eigenvalue weighted by Crippen LogP contribution is 2.24. The van der Waals surface area contributed by atoms with Gasteiger partial charge >= 0.3 is 5.97 Å². The molecule has 0 aliphatic heterocycles. The van der Waals surface area contributed by atoms with Gasteiger partial charge in [-0.05, 0) is 45.0 Å². The monoisotopic (exact) mass is 283 g/mol. The van der Waals surface area contributed by atoms with Crippen LogP contribution in [0.3, 0.4) is 0 Å². The number of hydrogen-bond acceptors (Lipinski definition) is 3. The normalized spacial score (nSPS) is 11.0. The Morgan fingerprint density at radius 1 is 0.905 bits per heavy atom. The van der Waals surface area contributed by atoms with Crippen molar-refractivity contribution < 1.29 is 9.53 Å². The maximum Gasteiger partial charge on any atom is 0.326 e. The molecule has 0 saturated heterocycles. The highest BCUT2D eigenvalue weighted by molar-refractivity contribution is 5.80. The van der Waals surface area contributed by atoms with Gasteiger partial charge in [0.15, 0.2) is 0 Å². The van der Waals surface area contributed by atoms with Gasteiger partial charge in [0.05, 0.1) is 0 Å². The van der Waals surface area contributed by atoms with Crippen LogP contribution in [0, 0.1) is 0 Å². The van der Waals surface area contributed by atoms with Crippen LogP contribution in [0.15, 0.2) is 60.7 Å². The van der Waals surface area contributed by atoms with Crippen LogP contribution in [0.25, 0.3) is 0 Å². The third-order valence-corrected chi connectivity index (χ3v) is 2.84. The fourth-order valence-electron chi connectivity index (χ4n) is 2.05. The van der Waals surface area contributed by atoms with Crippen molar-refractivity contribution in [1.29, 1.82) is 0 Å². The van der Waals surface area contributed by atoms with Crippen molar-refractivity contribution in [3.63, 3.8) is 0 Å². The minimum absolute atomic E-state index is 0.186. The van der Waals surface area contributed by atoms with E-state index < -0.39 is 5.60 Å². The second-order valence-electron chi connectivity index (χ2n) is 5.84. The van der Waals surface area contributed by atoms with Crippen LogP contribution in [0.5, 0.6) is 0 Å². The first kappa shape index (κ1) is 15.1. The summed E-state index contributed by atoms with van der Waals surface area (Å²) in [6.07, 6.45) is 0. The fourth-order valence-corrected chi connectivity index (χ4v) is 2.05. The average Bonchev–Trinajstić information content (AvgIpc) is 2.45. The molecule has 3 heteroatoms. The summed E-state index contributed by atoms with van der Waals surface area (Å²) in [6.45, 7) is 5.81. The Kier molecular flexibility index (Phi) is 4.63. The standard InChI is InChI=1S/C18H21NO2/c1-18(2,3)21-17(20)14-19(15-10-6-4-7-11-15)16-12-8-5-9-13-16/h4-13H,14H2,1-3H3. The van der Waals surface area contributed by atoms with Crippen LogP contribution >= 0.6 is 0 Å². The van der Waals surface area contributed by atoms with Crippen molar-refractivity contribution in [2.75, 3.05) is 11.4 Å². The number of para-hydroxylation sites is 2. The number of ether oxygens (including phenoxy) is 1. The molecule has 0 aliphatic rings. The SMILES string of the molecule is CC(C)(C)OC(=O)CN(c1ccccc1)c1ccccc1. The van der Waals surface area contributed by atoms with Crippen LogP contribution in [0.2, 0.25) is 0 Å². The largest absolute Gasteiger partial charge is 0.459 e. The predicted octanol–water partition coefficient (Wildman–Crippen LogP) is 4.17. The molecule has 0 N–H and O–H groups in total. The highest BCUT2D eigenvalue weighted by Gasteiger charge is 2.20. The summed E-state index contributed by atoms with van der Waals surface area (Å²) in [5.74, 6) is -0.241. The number of anilines is 2. The number of esters is 1. The molecule has 0 fully saturated rings. The van der Waals surface area contributed by atoms with Gasteiger partial charge in [0.2, 0.25) is 0 Å². The number of hydrogen-bond donors (Lipinski definition) is 0. The quantitative estimate of drug-likeness (QED) is 0.789. The Hall–Kier alpha value is -2.29. The number of nitrogens with zero attached hydrogens (tertiary/aromatic N) is 1. The molecule has 0 aliphatic carbocycles. The maximum absolute atomic E-state index is 12.2. The van der Waals surface area contributed by atoms with Crippen LogP contribution in [0.1, 0.15) is 20.8 Å². The zero-order valence-corrected chi connectivity index (χ0v) is 12.7. The Bertz CT molecular complexity index is 534. The van der Waals surface area contributed by atoms with Gasteiger partial charge in [-0.1, -0.05) is 36.4 Å². The van der Waals surface area contributed by atoms with Crippen molar-refractivity contribution in [3.05, 3.63) is 60.7 Å². The number of carbonyl (C=O) groups excluding carboxylic acids is 1. The number of rotatable bonds is 4. The molecular weight excluding hydrogens is 262 g/mol. The van der Waals surface area contributed by atoms with Crippen LogP contribution in [-0.4, -0.2) is 18.1 Å². The van der Waals surface area contributed by atoms with Crippen LogP contribution < -0.4 is 4.90 Å². The minimum atomic E-state index is -0.476. The third-order valence-electron chi connectivity index (χ3n) is 2.84. The highest BCUT2D eigenvalue weighted by atomic mass is 16.6. The summed E-state index contributed by atoms with van der Waals surface area (Å²) in [4.78, 5) is 14.1. The van der Waals surface area contributed by atoms with E-state index in [1.54, 1.807) is 0 Å². The van der Waals surface area contributed by atoms with Crippen molar-refractivity contribution in [2.24, 2.45) is 0 Å². The van der Waals surface area contributed by atoms with E-state index in [9.17, 15) is 4.79 Å². The minimum Gasteiger partial charge on any atom is -0.459 e. The molecule has 0 bridgehead atoms. The van der Waals surface area contributed by atoms with Crippen molar-refractivity contribution >= 4 is 17.3 Å². The zero-order chi connectivity index (χ0) is 15.3. The molecule has 0 atom stereocenters. The van der Waals surface area contributed by atoms with E-state index in [-0.39, 0.29) is 12.5 Å². The Balaban J connectivity index is 2.24. The summed E-state index contributed by atoms with van der Waals surface area (Å²) in [7, 11) is 0. The molecule has 2 rings (SSSR count). The first-order chi connectivity index (χ1) is 9.96. The van der Waals surface area contributed by atoms with Gasteiger partial charge in [-0.3, -0.25) is 4.79 Å². The van der Waals surface area contributed by atoms with Gasteiger partial charge in [-0.2, -0.15) is 0 Å². The molecule has 0 saturated carbocycles. The van der Waals surface area contributed by atoms with E-state index in [2.05, 4.69) is 0 Å². The van der Waals surface area contributed by atoms with Gasteiger partial charge in [0, 0.05) is 11.4 Å². The van der Waals surface area contributed by atoms with Crippen molar-refractivity contribution in [3.8, 4) is 0 Å². The fraction of sp³-hybridized carbons (Fsp3) is 0.278. The van der Waals surface area contributed by atoms with E-state index in [0.717, 1.165) is 11.4 Å². The van der Waals surface area contributed by atoms with E-state index in [0.29, 0.717) is 0 Å². The van der Waals surface area contributed by atoms with Crippen molar-refractivity contribution in [1.82, 2.24) is 0 Å². The van der Waals surface area contributed by atoms with Crippen LogP contribution in [0.4, 0.5) is 11.4 Å². The predicted molar refractivity (Wildman–Crippen MR) is 85.7 cm³/mol. The zero-order valence-electron chi connectivity index (χ0n) is 12.7. The molecule has 0 radical (unpaired) electrons. The molecule has 0 unspecified atom stereocenters. The molecule has 21 heavy (non-hydrogen) atoms. The van der Waals surface area contributed by atoms with Gasteiger partial charge in [0.25, 0.3) is 0 Å². The summed E-state index contributed by atoms with van der Waals surface area (Å²) in [6, 6.07) is 19.7. The maximum atomic E-state index is 12.2. The second kappa shape index (κ2) is 6.44. The number of benzene rings is 2. The lowest BCUT2D eigenvalue weighted by atomic mass is 10.2. The van der Waals surface area contributed by atoms with Crippen LogP contribution in [-0.2, 0) is 9.53 Å². The van der Waals surface area contributed by atoms with E-state index in [1.165, 1.54) is 0 Å². The lowest BCUT2D eigenvalue weighted by Gasteiger charge is -2.26. The Morgan fingerprint density at radius 2 is 1.33 bits per heavy atom. The van der Waals surface area contributed by atoms with Gasteiger partial charge < -0.3 is 9.64 Å². The molecule has 2 aromatic carbocycles. The van der Waals surface area contributed by atoms with Gasteiger partial charge in [-0.15, -0.1) is 0 Å². The Labute approximate surface area is 126 Å². The smallest absolute Gasteiger partial charge is 0.326 e. The lowest BCUT2D eigenvalue weighted by molar-refractivity contribution is -0.152. The molecule has 0 spiro atoms. The first-order valence-electron chi connectivity index (χ1n) is 7.05. The molecular formula is C18H21NO2. The summed E-state index contributed by atoms with van der Waals surface area (Å²) < 4.78 is 5.43. The average molecular weight is 283 g/mol. The molecule has 0 aromatic heterocycles. The molecule has 2 aromatic rings.